The molecule has 2 rings (SSSR count). The van der Waals surface area contributed by atoms with Crippen molar-refractivity contribution in [1.82, 2.24) is 15.1 Å². The Labute approximate surface area is 175 Å². The molecule has 2 N–H and O–H groups in total. The molecule has 1 aliphatic rings. The van der Waals surface area contributed by atoms with Gasteiger partial charge in [0.15, 0.2) is 11.5 Å². The van der Waals surface area contributed by atoms with E-state index in [1.54, 1.807) is 7.11 Å². The second-order valence-corrected chi connectivity index (χ2v) is 7.41. The molecule has 1 heterocycles. The van der Waals surface area contributed by atoms with Crippen molar-refractivity contribution in [1.29, 1.82) is 0 Å². The summed E-state index contributed by atoms with van der Waals surface area (Å²) in [5.41, 5.74) is 1.14. The molecular formula is C22H39N3O4. The van der Waals surface area contributed by atoms with Crippen molar-refractivity contribution in [3.8, 4) is 11.5 Å². The third kappa shape index (κ3) is 8.88. The first-order chi connectivity index (χ1) is 14.2. The normalized spacial score (nSPS) is 16.7. The third-order valence-corrected chi connectivity index (χ3v) is 5.22. The van der Waals surface area contributed by atoms with Crippen LogP contribution in [0, 0.1) is 0 Å². The quantitative estimate of drug-likeness (QED) is 0.452. The van der Waals surface area contributed by atoms with Crippen LogP contribution < -0.4 is 14.8 Å². The van der Waals surface area contributed by atoms with E-state index >= 15 is 0 Å². The number of ether oxygens (including phenoxy) is 3. The minimum absolute atomic E-state index is 0.263. The molecule has 0 amide bonds. The lowest BCUT2D eigenvalue weighted by Crippen LogP contribution is -2.49. The van der Waals surface area contributed by atoms with Crippen LogP contribution in [0.2, 0.25) is 0 Å². The van der Waals surface area contributed by atoms with Gasteiger partial charge in [-0.2, -0.15) is 0 Å². The van der Waals surface area contributed by atoms with Gasteiger partial charge in [-0.05, 0) is 44.1 Å². The van der Waals surface area contributed by atoms with Gasteiger partial charge in [0.1, 0.15) is 12.7 Å². The molecule has 0 saturated carbocycles. The monoisotopic (exact) mass is 409 g/mol. The Balaban J connectivity index is 1.72. The summed E-state index contributed by atoms with van der Waals surface area (Å²) in [5.74, 6) is 1.37. The van der Waals surface area contributed by atoms with Crippen LogP contribution in [0.15, 0.2) is 18.2 Å². The maximum Gasteiger partial charge on any atom is 0.161 e. The zero-order valence-electron chi connectivity index (χ0n) is 18.4. The molecule has 7 heteroatoms. The maximum absolute atomic E-state index is 10.4. The Kier molecular flexibility index (Phi) is 11.3. The number of rotatable bonds is 14. The van der Waals surface area contributed by atoms with E-state index in [1.165, 1.54) is 0 Å². The van der Waals surface area contributed by atoms with Gasteiger partial charge in [-0.25, -0.2) is 0 Å². The molecule has 1 aromatic rings. The summed E-state index contributed by atoms with van der Waals surface area (Å²) in [6.07, 6.45) is 0.483. The fourth-order valence-corrected chi connectivity index (χ4v) is 3.44. The molecule has 1 saturated heterocycles. The third-order valence-electron chi connectivity index (χ3n) is 5.22. The number of nitrogens with zero attached hydrogens (tertiary/aromatic N) is 2. The molecule has 1 atom stereocenters. The first-order valence-corrected chi connectivity index (χ1v) is 10.9. The summed E-state index contributed by atoms with van der Waals surface area (Å²) in [7, 11) is 1.64. The van der Waals surface area contributed by atoms with E-state index in [-0.39, 0.29) is 6.61 Å². The van der Waals surface area contributed by atoms with Crippen molar-refractivity contribution in [3.63, 3.8) is 0 Å². The highest BCUT2D eigenvalue weighted by atomic mass is 16.5. The van der Waals surface area contributed by atoms with Gasteiger partial charge < -0.3 is 29.5 Å². The van der Waals surface area contributed by atoms with Crippen molar-refractivity contribution in [2.45, 2.75) is 32.9 Å². The van der Waals surface area contributed by atoms with Gasteiger partial charge in [0.05, 0.1) is 7.11 Å². The zero-order chi connectivity index (χ0) is 20.9. The van der Waals surface area contributed by atoms with Crippen LogP contribution in [0.25, 0.3) is 0 Å². The number of piperazine rings is 1. The summed E-state index contributed by atoms with van der Waals surface area (Å²) < 4.78 is 16.7. The van der Waals surface area contributed by atoms with Gasteiger partial charge in [-0.1, -0.05) is 13.0 Å². The van der Waals surface area contributed by atoms with Gasteiger partial charge in [0.2, 0.25) is 0 Å². The number of benzene rings is 1. The maximum atomic E-state index is 10.4. The van der Waals surface area contributed by atoms with Crippen LogP contribution in [0.5, 0.6) is 11.5 Å². The van der Waals surface area contributed by atoms with Crippen molar-refractivity contribution >= 4 is 0 Å². The predicted octanol–water partition coefficient (Wildman–Crippen LogP) is 1.59. The smallest absolute Gasteiger partial charge is 0.161 e. The van der Waals surface area contributed by atoms with E-state index in [2.05, 4.69) is 22.0 Å². The molecule has 1 aliphatic heterocycles. The Morgan fingerprint density at radius 3 is 2.55 bits per heavy atom. The number of hydrogen-bond acceptors (Lipinski definition) is 7. The lowest BCUT2D eigenvalue weighted by Gasteiger charge is -2.34. The standard InChI is InChI=1S/C22H39N3O4/c1-4-24-10-12-25(13-11-24)17-20(26)18-29-21-8-7-19(15-22(21)27-3)16-23-9-6-14-28-5-2/h7-8,15,20,23,26H,4-6,9-14,16-18H2,1-3H3. The van der Waals surface area contributed by atoms with Crippen LogP contribution in [0.4, 0.5) is 0 Å². The second kappa shape index (κ2) is 13.8. The van der Waals surface area contributed by atoms with E-state index in [1.807, 2.05) is 25.1 Å². The van der Waals surface area contributed by atoms with Gasteiger partial charge in [-0.15, -0.1) is 0 Å². The SMILES string of the molecule is CCOCCCNCc1ccc(OCC(O)CN2CCN(CC)CC2)c(OC)c1. The fraction of sp³-hybridized carbons (Fsp3) is 0.727. The molecule has 0 bridgehead atoms. The number of methoxy groups -OCH3 is 1. The molecule has 0 radical (unpaired) electrons. The molecule has 7 nitrogen and oxygen atoms in total. The van der Waals surface area contributed by atoms with Crippen molar-refractivity contribution in [2.24, 2.45) is 0 Å². The van der Waals surface area contributed by atoms with Gasteiger partial charge in [-0.3, -0.25) is 4.90 Å². The first-order valence-electron chi connectivity index (χ1n) is 10.9. The van der Waals surface area contributed by atoms with Crippen LogP contribution in [0.3, 0.4) is 0 Å². The van der Waals surface area contributed by atoms with Gasteiger partial charge >= 0.3 is 0 Å². The summed E-state index contributed by atoms with van der Waals surface area (Å²) in [5, 5.41) is 13.8. The van der Waals surface area contributed by atoms with Crippen LogP contribution in [0.1, 0.15) is 25.8 Å². The summed E-state index contributed by atoms with van der Waals surface area (Å²) in [4.78, 5) is 4.73. The molecule has 1 fully saturated rings. The molecule has 29 heavy (non-hydrogen) atoms. The average molecular weight is 410 g/mol. The molecular weight excluding hydrogens is 370 g/mol. The highest BCUT2D eigenvalue weighted by Crippen LogP contribution is 2.28. The number of β-amino-alcohol motifs (C(OH)–C–C–N with tert-alkyl or cyclic N) is 1. The van der Waals surface area contributed by atoms with E-state index in [4.69, 9.17) is 14.2 Å². The summed E-state index contributed by atoms with van der Waals surface area (Å²) >= 11 is 0. The lowest BCUT2D eigenvalue weighted by molar-refractivity contribution is 0.0464. The van der Waals surface area contributed by atoms with E-state index in [9.17, 15) is 5.11 Å². The first kappa shape index (κ1) is 23.9. The Bertz CT molecular complexity index is 565. The minimum Gasteiger partial charge on any atom is -0.493 e. The number of aliphatic hydroxyl groups is 1. The topological polar surface area (TPSA) is 66.4 Å². The van der Waals surface area contributed by atoms with Gasteiger partial charge in [0.25, 0.3) is 0 Å². The molecule has 1 aromatic carbocycles. The van der Waals surface area contributed by atoms with Crippen LogP contribution in [-0.4, -0.2) is 93.8 Å². The predicted molar refractivity (Wildman–Crippen MR) is 116 cm³/mol. The fourth-order valence-electron chi connectivity index (χ4n) is 3.44. The Hall–Kier alpha value is -1.38. The molecule has 1 unspecified atom stereocenters. The van der Waals surface area contributed by atoms with E-state index in [0.717, 1.165) is 71.0 Å². The lowest BCUT2D eigenvalue weighted by atomic mass is 10.2. The Morgan fingerprint density at radius 1 is 1.10 bits per heavy atom. The van der Waals surface area contributed by atoms with E-state index < -0.39 is 6.10 Å². The summed E-state index contributed by atoms with van der Waals surface area (Å²) in [6, 6.07) is 5.94. The van der Waals surface area contributed by atoms with E-state index in [0.29, 0.717) is 18.0 Å². The van der Waals surface area contributed by atoms with Crippen LogP contribution in [-0.2, 0) is 11.3 Å². The molecule has 0 aliphatic carbocycles. The molecule has 0 spiro atoms. The largest absolute Gasteiger partial charge is 0.493 e. The van der Waals surface area contributed by atoms with Crippen LogP contribution >= 0.6 is 0 Å². The zero-order valence-corrected chi connectivity index (χ0v) is 18.4. The number of aliphatic hydroxyl groups excluding tert-OH is 1. The highest BCUT2D eigenvalue weighted by Gasteiger charge is 2.19. The molecule has 0 aromatic heterocycles. The van der Waals surface area contributed by atoms with Crippen molar-refractivity contribution < 1.29 is 19.3 Å². The Morgan fingerprint density at radius 2 is 1.86 bits per heavy atom. The number of nitrogens with one attached hydrogen (secondary N) is 1. The summed E-state index contributed by atoms with van der Waals surface area (Å²) in [6.45, 7) is 13.6. The second-order valence-electron chi connectivity index (χ2n) is 7.41. The van der Waals surface area contributed by atoms with Crippen molar-refractivity contribution in [3.05, 3.63) is 23.8 Å². The van der Waals surface area contributed by atoms with Crippen molar-refractivity contribution in [2.75, 3.05) is 72.7 Å². The molecule has 166 valence electrons. The van der Waals surface area contributed by atoms with Gasteiger partial charge in [0, 0.05) is 52.5 Å². The number of hydrogen-bond donors (Lipinski definition) is 2. The minimum atomic E-state index is -0.514. The average Bonchev–Trinajstić information content (AvgIpc) is 2.75. The highest BCUT2D eigenvalue weighted by molar-refractivity contribution is 5.43. The number of likely N-dealkylation sites (N-methyl/N-ethyl adjacent to an activating group) is 1.